The van der Waals surface area contributed by atoms with Gasteiger partial charge in [0.15, 0.2) is 5.78 Å². The predicted molar refractivity (Wildman–Crippen MR) is 98.1 cm³/mol. The topological polar surface area (TPSA) is 17.1 Å². The molecule has 3 aromatic rings. The molecular weight excluding hydrogens is 300 g/mol. The molecule has 1 heterocycles. The first kappa shape index (κ1) is 15.4. The van der Waals surface area contributed by atoms with E-state index >= 15 is 0 Å². The highest BCUT2D eigenvalue weighted by Gasteiger charge is 2.02. The second-order valence-electron chi connectivity index (χ2n) is 5.53. The van der Waals surface area contributed by atoms with Crippen LogP contribution in [0.25, 0.3) is 6.08 Å². The van der Waals surface area contributed by atoms with E-state index in [4.69, 9.17) is 0 Å². The van der Waals surface area contributed by atoms with Crippen LogP contribution in [0.15, 0.2) is 72.8 Å². The van der Waals surface area contributed by atoms with E-state index in [9.17, 15) is 4.79 Å². The Labute approximate surface area is 140 Å². The van der Waals surface area contributed by atoms with Gasteiger partial charge in [-0.1, -0.05) is 60.2 Å². The van der Waals surface area contributed by atoms with Gasteiger partial charge in [0.25, 0.3) is 0 Å². The third kappa shape index (κ3) is 4.27. The number of rotatable bonds is 5. The summed E-state index contributed by atoms with van der Waals surface area (Å²) in [7, 11) is 0. The van der Waals surface area contributed by atoms with Crippen LogP contribution in [0.1, 0.15) is 31.2 Å². The zero-order valence-corrected chi connectivity index (χ0v) is 13.8. The molecule has 0 unspecified atom stereocenters. The minimum atomic E-state index is 0.0445. The number of allylic oxidation sites excluding steroid dienone is 1. The molecule has 0 fully saturated rings. The second kappa shape index (κ2) is 7.21. The maximum Gasteiger partial charge on any atom is 0.185 e. The molecule has 0 aliphatic rings. The molecule has 1 aromatic heterocycles. The summed E-state index contributed by atoms with van der Waals surface area (Å²) in [5, 5.41) is 0. The average Bonchev–Trinajstić information content (AvgIpc) is 3.02. The molecule has 0 amide bonds. The number of carbonyl (C=O) groups is 1. The van der Waals surface area contributed by atoms with Crippen molar-refractivity contribution in [2.24, 2.45) is 0 Å². The molecule has 0 saturated carbocycles. The van der Waals surface area contributed by atoms with Crippen molar-refractivity contribution in [3.63, 3.8) is 0 Å². The summed E-state index contributed by atoms with van der Waals surface area (Å²) in [4.78, 5) is 14.6. The monoisotopic (exact) mass is 318 g/mol. The summed E-state index contributed by atoms with van der Waals surface area (Å²) in [6.07, 6.45) is 4.50. The molecule has 114 valence electrons. The van der Waals surface area contributed by atoms with Crippen LogP contribution in [0.3, 0.4) is 0 Å². The van der Waals surface area contributed by atoms with Crippen LogP contribution in [0.4, 0.5) is 0 Å². The van der Waals surface area contributed by atoms with Crippen molar-refractivity contribution < 1.29 is 4.79 Å². The largest absolute Gasteiger partial charge is 0.289 e. The molecule has 0 spiro atoms. The van der Waals surface area contributed by atoms with Gasteiger partial charge in [-0.3, -0.25) is 4.79 Å². The van der Waals surface area contributed by atoms with Crippen LogP contribution in [0, 0.1) is 6.92 Å². The molecule has 3 rings (SSSR count). The van der Waals surface area contributed by atoms with Gasteiger partial charge in [0.05, 0.1) is 0 Å². The molecule has 0 aliphatic heterocycles. The Kier molecular flexibility index (Phi) is 4.84. The average molecular weight is 318 g/mol. The van der Waals surface area contributed by atoms with Crippen LogP contribution in [0.5, 0.6) is 0 Å². The molecular formula is C21H18OS. The van der Waals surface area contributed by atoms with Gasteiger partial charge in [-0.2, -0.15) is 0 Å². The first-order valence-electron chi connectivity index (χ1n) is 7.62. The number of ketones is 1. The fourth-order valence-electron chi connectivity index (χ4n) is 2.35. The Morgan fingerprint density at radius 3 is 2.43 bits per heavy atom. The maximum absolute atomic E-state index is 12.1. The van der Waals surface area contributed by atoms with Crippen LogP contribution in [-0.4, -0.2) is 5.78 Å². The number of carbonyl (C=O) groups excluding carboxylic acids is 1. The van der Waals surface area contributed by atoms with Crippen molar-refractivity contribution in [1.82, 2.24) is 0 Å². The normalized spacial score (nSPS) is 11.0. The lowest BCUT2D eigenvalue weighted by Crippen LogP contribution is -1.93. The van der Waals surface area contributed by atoms with E-state index in [1.807, 2.05) is 43.3 Å². The molecule has 0 bridgehead atoms. The van der Waals surface area contributed by atoms with Crippen molar-refractivity contribution >= 4 is 23.2 Å². The Morgan fingerprint density at radius 1 is 0.957 bits per heavy atom. The maximum atomic E-state index is 12.1. The Balaban J connectivity index is 1.66. The highest BCUT2D eigenvalue weighted by Crippen LogP contribution is 2.21. The summed E-state index contributed by atoms with van der Waals surface area (Å²) in [6.45, 7) is 2.02. The number of thiophene rings is 1. The number of benzene rings is 2. The quantitative estimate of drug-likeness (QED) is 0.445. The fourth-order valence-corrected chi connectivity index (χ4v) is 3.30. The van der Waals surface area contributed by atoms with E-state index < -0.39 is 0 Å². The van der Waals surface area contributed by atoms with Crippen molar-refractivity contribution in [2.45, 2.75) is 13.3 Å². The first-order chi connectivity index (χ1) is 11.2. The molecule has 0 radical (unpaired) electrons. The Hall–Kier alpha value is -2.45. The van der Waals surface area contributed by atoms with Crippen molar-refractivity contribution in [3.8, 4) is 0 Å². The van der Waals surface area contributed by atoms with Gasteiger partial charge in [0.2, 0.25) is 0 Å². The highest BCUT2D eigenvalue weighted by atomic mass is 32.1. The van der Waals surface area contributed by atoms with Crippen LogP contribution >= 0.6 is 11.3 Å². The van der Waals surface area contributed by atoms with Gasteiger partial charge >= 0.3 is 0 Å². The van der Waals surface area contributed by atoms with Gasteiger partial charge in [-0.05, 0) is 36.8 Å². The summed E-state index contributed by atoms with van der Waals surface area (Å²) >= 11 is 1.73. The van der Waals surface area contributed by atoms with E-state index in [0.29, 0.717) is 0 Å². The Bertz CT molecular complexity index is 811. The third-order valence-electron chi connectivity index (χ3n) is 3.64. The minimum Gasteiger partial charge on any atom is -0.289 e. The molecule has 0 saturated heterocycles. The van der Waals surface area contributed by atoms with E-state index in [-0.39, 0.29) is 5.78 Å². The van der Waals surface area contributed by atoms with E-state index in [2.05, 4.69) is 36.4 Å². The molecule has 2 aromatic carbocycles. The molecule has 0 atom stereocenters. The Morgan fingerprint density at radius 2 is 1.70 bits per heavy atom. The van der Waals surface area contributed by atoms with Gasteiger partial charge in [0, 0.05) is 21.7 Å². The van der Waals surface area contributed by atoms with Crippen molar-refractivity contribution in [3.05, 3.63) is 99.3 Å². The fraction of sp³-hybridized carbons (Fsp3) is 0.0952. The zero-order valence-electron chi connectivity index (χ0n) is 13.0. The van der Waals surface area contributed by atoms with E-state index in [1.54, 1.807) is 17.4 Å². The summed E-state index contributed by atoms with van der Waals surface area (Å²) < 4.78 is 0. The van der Waals surface area contributed by atoms with Crippen LogP contribution < -0.4 is 0 Å². The summed E-state index contributed by atoms with van der Waals surface area (Å²) in [5.74, 6) is 0.0445. The van der Waals surface area contributed by atoms with Crippen LogP contribution in [0.2, 0.25) is 0 Å². The van der Waals surface area contributed by atoms with Gasteiger partial charge in [-0.15, -0.1) is 11.3 Å². The molecule has 2 heteroatoms. The van der Waals surface area contributed by atoms with E-state index in [0.717, 1.165) is 22.4 Å². The highest BCUT2D eigenvalue weighted by molar-refractivity contribution is 7.12. The third-order valence-corrected chi connectivity index (χ3v) is 4.69. The van der Waals surface area contributed by atoms with Crippen LogP contribution in [-0.2, 0) is 6.42 Å². The lowest BCUT2D eigenvalue weighted by molar-refractivity contribution is 0.104. The first-order valence-corrected chi connectivity index (χ1v) is 8.44. The number of aryl methyl sites for hydroxylation is 1. The van der Waals surface area contributed by atoms with E-state index in [1.165, 1.54) is 10.4 Å². The molecule has 23 heavy (non-hydrogen) atoms. The second-order valence-corrected chi connectivity index (χ2v) is 6.73. The standard InChI is InChI=1S/C21H18OS/c1-16-7-9-18(10-8-16)21(22)14-13-19-11-12-20(23-19)15-17-5-3-2-4-6-17/h2-14H,15H2,1H3/b14-13+. The summed E-state index contributed by atoms with van der Waals surface area (Å²) in [6, 6.07) is 22.3. The molecule has 1 nitrogen and oxygen atoms in total. The molecule has 0 N–H and O–H groups in total. The number of hydrogen-bond donors (Lipinski definition) is 0. The zero-order chi connectivity index (χ0) is 16.1. The van der Waals surface area contributed by atoms with Gasteiger partial charge in [0.1, 0.15) is 0 Å². The minimum absolute atomic E-state index is 0.0445. The molecule has 0 aliphatic carbocycles. The SMILES string of the molecule is Cc1ccc(C(=O)/C=C/c2ccc(Cc3ccccc3)s2)cc1. The van der Waals surface area contributed by atoms with Gasteiger partial charge < -0.3 is 0 Å². The lowest BCUT2D eigenvalue weighted by Gasteiger charge is -1.97. The predicted octanol–water partition coefficient (Wildman–Crippen LogP) is 5.54. The van der Waals surface area contributed by atoms with Gasteiger partial charge in [-0.25, -0.2) is 0 Å². The summed E-state index contributed by atoms with van der Waals surface area (Å²) in [5.41, 5.74) is 3.20. The van der Waals surface area contributed by atoms with Crippen molar-refractivity contribution in [1.29, 1.82) is 0 Å². The lowest BCUT2D eigenvalue weighted by atomic mass is 10.1. The van der Waals surface area contributed by atoms with Crippen molar-refractivity contribution in [2.75, 3.05) is 0 Å². The number of hydrogen-bond acceptors (Lipinski definition) is 2. The smallest absolute Gasteiger partial charge is 0.185 e.